The van der Waals surface area contributed by atoms with Crippen LogP contribution in [0.25, 0.3) is 0 Å². The van der Waals surface area contributed by atoms with Gasteiger partial charge in [-0.1, -0.05) is 58.0 Å². The van der Waals surface area contributed by atoms with Gasteiger partial charge in [0.15, 0.2) is 0 Å². The normalized spacial score (nSPS) is 18.6. The van der Waals surface area contributed by atoms with Gasteiger partial charge in [0, 0.05) is 11.4 Å². The highest BCUT2D eigenvalue weighted by molar-refractivity contribution is 5.69. The van der Waals surface area contributed by atoms with Gasteiger partial charge in [0.05, 0.1) is 0 Å². The number of fused-ring (bicyclic) bond motifs is 1. The minimum Gasteiger partial charge on any atom is -0.355 e. The summed E-state index contributed by atoms with van der Waals surface area (Å²) in [4.78, 5) is 0. The van der Waals surface area contributed by atoms with Crippen LogP contribution in [0.3, 0.4) is 0 Å². The largest absolute Gasteiger partial charge is 0.355 e. The van der Waals surface area contributed by atoms with Crippen LogP contribution >= 0.6 is 0 Å². The van der Waals surface area contributed by atoms with Crippen LogP contribution in [0.2, 0.25) is 0 Å². The average molecular weight is 293 g/mol. The third-order valence-electron chi connectivity index (χ3n) is 5.26. The Balaban J connectivity index is 2.13. The van der Waals surface area contributed by atoms with E-state index in [0.29, 0.717) is 0 Å². The van der Waals surface area contributed by atoms with E-state index in [9.17, 15) is 0 Å². The Labute approximate surface area is 134 Å². The summed E-state index contributed by atoms with van der Waals surface area (Å²) < 4.78 is 0. The van der Waals surface area contributed by atoms with Gasteiger partial charge in [0.2, 0.25) is 0 Å². The molecule has 0 bridgehead atoms. The summed E-state index contributed by atoms with van der Waals surface area (Å²) >= 11 is 0. The van der Waals surface area contributed by atoms with Crippen molar-refractivity contribution in [2.24, 2.45) is 0 Å². The van der Waals surface area contributed by atoms with Crippen LogP contribution in [-0.4, -0.2) is 0 Å². The summed E-state index contributed by atoms with van der Waals surface area (Å²) in [6.45, 7) is 11.7. The van der Waals surface area contributed by atoms with Crippen molar-refractivity contribution < 1.29 is 0 Å². The van der Waals surface area contributed by atoms with E-state index >= 15 is 0 Å². The second-order valence-corrected chi connectivity index (χ2v) is 7.94. The molecule has 0 aliphatic heterocycles. The first-order valence-electron chi connectivity index (χ1n) is 8.28. The van der Waals surface area contributed by atoms with E-state index in [1.807, 2.05) is 0 Å². The number of anilines is 2. The Morgan fingerprint density at radius 1 is 0.773 bits per heavy atom. The highest BCUT2D eigenvalue weighted by Crippen LogP contribution is 2.49. The Hall–Kier alpha value is -1.76. The van der Waals surface area contributed by atoms with Crippen LogP contribution in [0.1, 0.15) is 57.2 Å². The quantitative estimate of drug-likeness (QED) is 0.706. The van der Waals surface area contributed by atoms with Gasteiger partial charge >= 0.3 is 0 Å². The van der Waals surface area contributed by atoms with Crippen LogP contribution in [-0.2, 0) is 10.8 Å². The monoisotopic (exact) mass is 293 g/mol. The van der Waals surface area contributed by atoms with E-state index in [-0.39, 0.29) is 10.8 Å². The molecule has 1 aliphatic rings. The Kier molecular flexibility index (Phi) is 3.55. The molecule has 1 aliphatic carbocycles. The van der Waals surface area contributed by atoms with Crippen molar-refractivity contribution in [1.29, 1.82) is 0 Å². The molecule has 0 unspecified atom stereocenters. The van der Waals surface area contributed by atoms with Crippen LogP contribution < -0.4 is 5.32 Å². The van der Waals surface area contributed by atoms with E-state index in [1.54, 1.807) is 0 Å². The topological polar surface area (TPSA) is 12.0 Å². The van der Waals surface area contributed by atoms with E-state index in [0.717, 1.165) is 0 Å². The molecule has 0 amide bonds. The fraction of sp³-hybridized carbons (Fsp3) is 0.429. The fourth-order valence-corrected chi connectivity index (χ4v) is 3.69. The molecule has 0 saturated heterocycles. The molecule has 0 spiro atoms. The second-order valence-electron chi connectivity index (χ2n) is 7.94. The third kappa shape index (κ3) is 2.54. The van der Waals surface area contributed by atoms with Gasteiger partial charge in [0.1, 0.15) is 0 Å². The number of benzene rings is 2. The molecular formula is C21H27N. The maximum absolute atomic E-state index is 3.69. The minimum absolute atomic E-state index is 0.219. The van der Waals surface area contributed by atoms with Gasteiger partial charge in [-0.15, -0.1) is 0 Å². The van der Waals surface area contributed by atoms with Gasteiger partial charge in [-0.25, -0.2) is 0 Å². The number of hydrogen-bond donors (Lipinski definition) is 1. The summed E-state index contributed by atoms with van der Waals surface area (Å²) in [5, 5.41) is 3.69. The van der Waals surface area contributed by atoms with Crippen LogP contribution in [0, 0.1) is 6.92 Å². The lowest BCUT2D eigenvalue weighted by Gasteiger charge is -2.43. The Bertz CT molecular complexity index is 695. The lowest BCUT2D eigenvalue weighted by Crippen LogP contribution is -2.34. The van der Waals surface area contributed by atoms with Gasteiger partial charge < -0.3 is 5.32 Å². The molecule has 22 heavy (non-hydrogen) atoms. The number of aryl methyl sites for hydroxylation is 1. The summed E-state index contributed by atoms with van der Waals surface area (Å²) in [6, 6.07) is 15.3. The van der Waals surface area contributed by atoms with Crippen molar-refractivity contribution in [3.8, 4) is 0 Å². The molecule has 116 valence electrons. The maximum Gasteiger partial charge on any atom is 0.0425 e. The average Bonchev–Trinajstić information content (AvgIpc) is 2.46. The van der Waals surface area contributed by atoms with Crippen LogP contribution in [0.5, 0.6) is 0 Å². The second kappa shape index (κ2) is 5.15. The van der Waals surface area contributed by atoms with Crippen molar-refractivity contribution in [3.05, 3.63) is 59.2 Å². The fourth-order valence-electron chi connectivity index (χ4n) is 3.69. The molecule has 0 fully saturated rings. The number of nitrogens with one attached hydrogen (secondary N) is 1. The molecule has 1 heteroatoms. The van der Waals surface area contributed by atoms with Gasteiger partial charge in [-0.05, 0) is 59.4 Å². The number of hydrogen-bond acceptors (Lipinski definition) is 1. The van der Waals surface area contributed by atoms with Gasteiger partial charge in [-0.2, -0.15) is 0 Å². The Morgan fingerprint density at radius 3 is 2.14 bits per heavy atom. The summed E-state index contributed by atoms with van der Waals surface area (Å²) in [7, 11) is 0. The van der Waals surface area contributed by atoms with Gasteiger partial charge in [0.25, 0.3) is 0 Å². The molecule has 0 heterocycles. The summed E-state index contributed by atoms with van der Waals surface area (Å²) in [5.41, 5.74) is 7.23. The third-order valence-corrected chi connectivity index (χ3v) is 5.26. The predicted molar refractivity (Wildman–Crippen MR) is 96.2 cm³/mol. The van der Waals surface area contributed by atoms with Crippen LogP contribution in [0.15, 0.2) is 42.5 Å². The van der Waals surface area contributed by atoms with Crippen molar-refractivity contribution in [2.45, 2.75) is 58.3 Å². The zero-order valence-corrected chi connectivity index (χ0v) is 14.5. The van der Waals surface area contributed by atoms with E-state index in [2.05, 4.69) is 82.4 Å². The first-order valence-corrected chi connectivity index (χ1v) is 8.28. The van der Waals surface area contributed by atoms with E-state index < -0.39 is 0 Å². The van der Waals surface area contributed by atoms with Crippen molar-refractivity contribution in [1.82, 2.24) is 0 Å². The first kappa shape index (κ1) is 15.1. The van der Waals surface area contributed by atoms with Crippen molar-refractivity contribution in [2.75, 3.05) is 5.32 Å². The lowest BCUT2D eigenvalue weighted by molar-refractivity contribution is 0.333. The smallest absolute Gasteiger partial charge is 0.0425 e. The lowest BCUT2D eigenvalue weighted by atomic mass is 9.62. The molecule has 0 aromatic heterocycles. The van der Waals surface area contributed by atoms with E-state index in [4.69, 9.17) is 0 Å². The molecule has 0 atom stereocenters. The van der Waals surface area contributed by atoms with E-state index in [1.165, 1.54) is 40.9 Å². The Morgan fingerprint density at radius 2 is 1.41 bits per heavy atom. The molecule has 2 aromatic carbocycles. The van der Waals surface area contributed by atoms with Crippen molar-refractivity contribution >= 4 is 11.4 Å². The SMILES string of the molecule is Cc1ccccc1Nc1cccc2c1C(C)(C)CCC2(C)C. The molecule has 0 saturated carbocycles. The van der Waals surface area contributed by atoms with Crippen LogP contribution in [0.4, 0.5) is 11.4 Å². The zero-order chi connectivity index (χ0) is 16.0. The zero-order valence-electron chi connectivity index (χ0n) is 14.5. The number of rotatable bonds is 2. The molecule has 0 radical (unpaired) electrons. The maximum atomic E-state index is 3.69. The summed E-state index contributed by atoms with van der Waals surface area (Å²) in [5.74, 6) is 0. The summed E-state index contributed by atoms with van der Waals surface area (Å²) in [6.07, 6.45) is 2.49. The van der Waals surface area contributed by atoms with Crippen molar-refractivity contribution in [3.63, 3.8) is 0 Å². The number of para-hydroxylation sites is 1. The predicted octanol–water partition coefficient (Wildman–Crippen LogP) is 6.09. The molecule has 1 N–H and O–H groups in total. The molecule has 1 nitrogen and oxygen atoms in total. The molecular weight excluding hydrogens is 266 g/mol. The standard InChI is InChI=1S/C21H27N/c1-15-9-6-7-11-17(15)22-18-12-8-10-16-19(18)21(4,5)14-13-20(16,2)3/h6-12,22H,13-14H2,1-5H3. The highest BCUT2D eigenvalue weighted by Gasteiger charge is 2.38. The van der Waals surface area contributed by atoms with Gasteiger partial charge in [-0.3, -0.25) is 0 Å². The molecule has 2 aromatic rings. The highest BCUT2D eigenvalue weighted by atomic mass is 14.9. The minimum atomic E-state index is 0.219. The first-order chi connectivity index (χ1) is 10.3. The molecule has 3 rings (SSSR count).